The second-order valence-electron chi connectivity index (χ2n) is 4.47. The lowest BCUT2D eigenvalue weighted by Crippen LogP contribution is -2.23. The number of halogens is 2. The van der Waals surface area contributed by atoms with Crippen LogP contribution >= 0.6 is 38.5 Å². The van der Waals surface area contributed by atoms with Gasteiger partial charge in [-0.2, -0.15) is 0 Å². The number of rotatable bonds is 5. The van der Waals surface area contributed by atoms with Crippen LogP contribution < -0.4 is 5.32 Å². The number of likely N-dealkylation sites (N-methyl/N-ethyl adjacent to an activating group) is 1. The molecule has 1 atom stereocenters. The van der Waals surface area contributed by atoms with E-state index in [4.69, 9.17) is 0 Å². The van der Waals surface area contributed by atoms with Crippen molar-refractivity contribution in [3.8, 4) is 0 Å². The van der Waals surface area contributed by atoms with Crippen LogP contribution in [0.2, 0.25) is 0 Å². The molecule has 0 amide bonds. The molecule has 0 aliphatic heterocycles. The minimum absolute atomic E-state index is 0.368. The molecule has 0 spiro atoms. The summed E-state index contributed by atoms with van der Waals surface area (Å²) >= 11 is 5.96. The summed E-state index contributed by atoms with van der Waals surface area (Å²) in [5.74, 6) is 0. The molecule has 0 radical (unpaired) electrons. The fraction of sp³-hybridized carbons (Fsp3) is 0.250. The Balaban J connectivity index is 2.24. The van der Waals surface area contributed by atoms with E-state index < -0.39 is 0 Å². The van der Waals surface area contributed by atoms with Crippen LogP contribution in [0, 0.1) is 3.57 Å². The molecular formula is C16H17BrIN. The van der Waals surface area contributed by atoms with Gasteiger partial charge in [0.1, 0.15) is 0 Å². The van der Waals surface area contributed by atoms with Crippen LogP contribution in [0.1, 0.15) is 24.1 Å². The summed E-state index contributed by atoms with van der Waals surface area (Å²) < 4.78 is 2.46. The first kappa shape index (κ1) is 15.0. The Hall–Kier alpha value is -0.390. The first-order valence-corrected chi connectivity index (χ1v) is 8.30. The molecule has 19 heavy (non-hydrogen) atoms. The topological polar surface area (TPSA) is 12.0 Å². The van der Waals surface area contributed by atoms with Crippen LogP contribution in [0.15, 0.2) is 53.0 Å². The number of benzene rings is 2. The van der Waals surface area contributed by atoms with E-state index in [1.807, 2.05) is 0 Å². The van der Waals surface area contributed by atoms with Crippen molar-refractivity contribution in [2.75, 3.05) is 6.54 Å². The zero-order valence-corrected chi connectivity index (χ0v) is 14.6. The number of hydrogen-bond donors (Lipinski definition) is 1. The molecule has 0 aliphatic rings. The molecule has 0 saturated heterocycles. The van der Waals surface area contributed by atoms with Gasteiger partial charge in [-0.15, -0.1) is 0 Å². The highest BCUT2D eigenvalue weighted by molar-refractivity contribution is 14.1. The minimum Gasteiger partial charge on any atom is -0.310 e. The Bertz CT molecular complexity index is 542. The Morgan fingerprint density at radius 3 is 2.63 bits per heavy atom. The quantitative estimate of drug-likeness (QED) is 0.663. The van der Waals surface area contributed by atoms with Crippen molar-refractivity contribution in [2.24, 2.45) is 0 Å². The summed E-state index contributed by atoms with van der Waals surface area (Å²) in [5.41, 5.74) is 2.73. The van der Waals surface area contributed by atoms with Gasteiger partial charge in [-0.1, -0.05) is 53.2 Å². The summed E-state index contributed by atoms with van der Waals surface area (Å²) in [6, 6.07) is 17.5. The van der Waals surface area contributed by atoms with Gasteiger partial charge in [0.05, 0.1) is 0 Å². The van der Waals surface area contributed by atoms with Crippen LogP contribution in [-0.2, 0) is 6.42 Å². The van der Waals surface area contributed by atoms with Gasteiger partial charge in [-0.25, -0.2) is 0 Å². The van der Waals surface area contributed by atoms with Crippen molar-refractivity contribution in [2.45, 2.75) is 19.4 Å². The molecule has 1 unspecified atom stereocenters. The highest BCUT2D eigenvalue weighted by Crippen LogP contribution is 2.24. The standard InChI is InChI=1S/C16H17BrIN/c1-2-19-16(14-8-3-4-9-15(14)18)11-12-6-5-7-13(17)10-12/h3-10,16,19H,2,11H2,1H3. The predicted octanol–water partition coefficient (Wildman–Crippen LogP) is 4.95. The van der Waals surface area contributed by atoms with Crippen molar-refractivity contribution >= 4 is 38.5 Å². The molecule has 2 rings (SSSR count). The molecule has 100 valence electrons. The van der Waals surface area contributed by atoms with Gasteiger partial charge in [0.2, 0.25) is 0 Å². The molecule has 2 aromatic rings. The fourth-order valence-electron chi connectivity index (χ4n) is 2.20. The summed E-state index contributed by atoms with van der Waals surface area (Å²) in [6.07, 6.45) is 1.01. The molecule has 0 aromatic heterocycles. The first-order chi connectivity index (χ1) is 9.20. The molecule has 0 fully saturated rings. The molecule has 1 nitrogen and oxygen atoms in total. The maximum atomic E-state index is 3.59. The van der Waals surface area contributed by atoms with Crippen molar-refractivity contribution in [1.82, 2.24) is 5.32 Å². The Kier molecular flexibility index (Phi) is 5.85. The smallest absolute Gasteiger partial charge is 0.0371 e. The Morgan fingerprint density at radius 2 is 1.95 bits per heavy atom. The van der Waals surface area contributed by atoms with Crippen LogP contribution in [-0.4, -0.2) is 6.54 Å². The third-order valence-electron chi connectivity index (χ3n) is 3.06. The maximum absolute atomic E-state index is 3.59. The summed E-state index contributed by atoms with van der Waals surface area (Å²) in [4.78, 5) is 0. The van der Waals surface area contributed by atoms with E-state index in [0.717, 1.165) is 17.4 Å². The van der Waals surface area contributed by atoms with Gasteiger partial charge in [0.15, 0.2) is 0 Å². The van der Waals surface area contributed by atoms with Gasteiger partial charge < -0.3 is 5.32 Å². The van der Waals surface area contributed by atoms with Gasteiger partial charge in [0.25, 0.3) is 0 Å². The Morgan fingerprint density at radius 1 is 1.16 bits per heavy atom. The first-order valence-electron chi connectivity index (χ1n) is 6.43. The van der Waals surface area contributed by atoms with E-state index in [2.05, 4.69) is 99.3 Å². The molecule has 2 aromatic carbocycles. The van der Waals surface area contributed by atoms with E-state index >= 15 is 0 Å². The summed E-state index contributed by atoms with van der Waals surface area (Å²) in [7, 11) is 0. The van der Waals surface area contributed by atoms with E-state index in [-0.39, 0.29) is 0 Å². The summed E-state index contributed by atoms with van der Waals surface area (Å²) in [5, 5.41) is 3.59. The van der Waals surface area contributed by atoms with Crippen LogP contribution in [0.25, 0.3) is 0 Å². The van der Waals surface area contributed by atoms with E-state index in [1.165, 1.54) is 14.7 Å². The molecule has 3 heteroatoms. The highest BCUT2D eigenvalue weighted by atomic mass is 127. The predicted molar refractivity (Wildman–Crippen MR) is 93.4 cm³/mol. The third kappa shape index (κ3) is 4.29. The molecule has 0 bridgehead atoms. The normalized spacial score (nSPS) is 12.4. The minimum atomic E-state index is 0.368. The molecule has 0 saturated carbocycles. The number of nitrogens with one attached hydrogen (secondary N) is 1. The zero-order chi connectivity index (χ0) is 13.7. The SMILES string of the molecule is CCNC(Cc1cccc(Br)c1)c1ccccc1I. The average molecular weight is 430 g/mol. The lowest BCUT2D eigenvalue weighted by atomic mass is 9.99. The van der Waals surface area contributed by atoms with Gasteiger partial charge in [-0.3, -0.25) is 0 Å². The summed E-state index contributed by atoms with van der Waals surface area (Å²) in [6.45, 7) is 3.13. The Labute approximate surface area is 137 Å². The van der Waals surface area contributed by atoms with Crippen molar-refractivity contribution < 1.29 is 0 Å². The molecule has 1 N–H and O–H groups in total. The largest absolute Gasteiger partial charge is 0.310 e. The molecule has 0 heterocycles. The van der Waals surface area contributed by atoms with Gasteiger partial charge in [-0.05, 0) is 64.9 Å². The van der Waals surface area contributed by atoms with Crippen LogP contribution in [0.4, 0.5) is 0 Å². The molecule has 0 aliphatic carbocycles. The van der Waals surface area contributed by atoms with E-state index in [0.29, 0.717) is 6.04 Å². The molecular weight excluding hydrogens is 413 g/mol. The highest BCUT2D eigenvalue weighted by Gasteiger charge is 2.13. The van der Waals surface area contributed by atoms with Gasteiger partial charge in [0, 0.05) is 14.1 Å². The van der Waals surface area contributed by atoms with Crippen LogP contribution in [0.5, 0.6) is 0 Å². The fourth-order valence-corrected chi connectivity index (χ4v) is 3.41. The van der Waals surface area contributed by atoms with Crippen LogP contribution in [0.3, 0.4) is 0 Å². The monoisotopic (exact) mass is 429 g/mol. The van der Waals surface area contributed by atoms with Crippen molar-refractivity contribution in [1.29, 1.82) is 0 Å². The second-order valence-corrected chi connectivity index (χ2v) is 6.54. The second kappa shape index (κ2) is 7.41. The lowest BCUT2D eigenvalue weighted by molar-refractivity contribution is 0.547. The van der Waals surface area contributed by atoms with E-state index in [1.54, 1.807) is 0 Å². The lowest BCUT2D eigenvalue weighted by Gasteiger charge is -2.20. The maximum Gasteiger partial charge on any atom is 0.0371 e. The van der Waals surface area contributed by atoms with Crippen molar-refractivity contribution in [3.05, 3.63) is 67.7 Å². The van der Waals surface area contributed by atoms with Gasteiger partial charge >= 0.3 is 0 Å². The average Bonchev–Trinajstić information content (AvgIpc) is 2.39. The zero-order valence-electron chi connectivity index (χ0n) is 10.9. The third-order valence-corrected chi connectivity index (χ3v) is 4.54. The number of hydrogen-bond acceptors (Lipinski definition) is 1. The van der Waals surface area contributed by atoms with Crippen molar-refractivity contribution in [3.63, 3.8) is 0 Å². The van der Waals surface area contributed by atoms with E-state index in [9.17, 15) is 0 Å².